The molecule has 2 aromatic carbocycles. The maximum absolute atomic E-state index is 13.6. The summed E-state index contributed by atoms with van der Waals surface area (Å²) in [6.07, 6.45) is 1.71. The van der Waals surface area contributed by atoms with Crippen LogP contribution in [0.5, 0.6) is 5.75 Å². The second-order valence-electron chi connectivity index (χ2n) is 7.52. The summed E-state index contributed by atoms with van der Waals surface area (Å²) in [4.78, 5) is 42.7. The number of rotatable bonds is 5. The molecule has 0 N–H and O–H groups in total. The SMILES string of the molecule is CCOC(=O)C1=C(C)N=c2s/c(=C/c3cccc(OC(C)=O)c3)c(=O)n2C1c1ccc(Cl)cc1. The number of aromatic nitrogens is 1. The molecule has 0 spiro atoms. The van der Waals surface area contributed by atoms with Crippen molar-refractivity contribution in [3.05, 3.63) is 95.6 Å². The van der Waals surface area contributed by atoms with Crippen molar-refractivity contribution in [1.82, 2.24) is 4.57 Å². The number of nitrogens with zero attached hydrogens (tertiary/aromatic N) is 2. The highest BCUT2D eigenvalue weighted by Gasteiger charge is 2.33. The van der Waals surface area contributed by atoms with Crippen LogP contribution < -0.4 is 19.6 Å². The fraction of sp³-hybridized carbons (Fsp3) is 0.200. The molecule has 0 aliphatic carbocycles. The normalized spacial score (nSPS) is 15.5. The van der Waals surface area contributed by atoms with E-state index in [9.17, 15) is 14.4 Å². The van der Waals surface area contributed by atoms with Crippen LogP contribution in [0.15, 0.2) is 69.6 Å². The van der Waals surface area contributed by atoms with E-state index >= 15 is 0 Å². The molecular weight excluding hydrogens is 476 g/mol. The number of hydrogen-bond acceptors (Lipinski definition) is 7. The van der Waals surface area contributed by atoms with Gasteiger partial charge in [0.1, 0.15) is 5.75 Å². The van der Waals surface area contributed by atoms with Gasteiger partial charge in [-0.15, -0.1) is 0 Å². The molecular formula is C25H21ClN2O5S. The van der Waals surface area contributed by atoms with E-state index in [2.05, 4.69) is 4.99 Å². The van der Waals surface area contributed by atoms with Crippen molar-refractivity contribution in [1.29, 1.82) is 0 Å². The zero-order valence-corrected chi connectivity index (χ0v) is 20.3. The first-order valence-corrected chi connectivity index (χ1v) is 11.7. The third-order valence-corrected chi connectivity index (χ3v) is 6.36. The largest absolute Gasteiger partial charge is 0.463 e. The number of allylic oxidation sites excluding steroid dienone is 1. The number of ether oxygens (including phenoxy) is 2. The molecule has 4 rings (SSSR count). The molecule has 0 bridgehead atoms. The summed E-state index contributed by atoms with van der Waals surface area (Å²) in [5.41, 5.74) is 1.90. The zero-order chi connectivity index (χ0) is 24.4. The molecule has 1 aromatic heterocycles. The Hall–Kier alpha value is -3.49. The molecule has 0 saturated carbocycles. The summed E-state index contributed by atoms with van der Waals surface area (Å²) in [5.74, 6) is -0.568. The Balaban J connectivity index is 1.90. The average molecular weight is 497 g/mol. The number of halogens is 1. The van der Waals surface area contributed by atoms with Gasteiger partial charge in [-0.3, -0.25) is 14.2 Å². The van der Waals surface area contributed by atoms with Crippen molar-refractivity contribution >= 4 is 41.0 Å². The molecule has 1 unspecified atom stereocenters. The van der Waals surface area contributed by atoms with E-state index in [1.165, 1.54) is 22.8 Å². The molecule has 9 heteroatoms. The van der Waals surface area contributed by atoms with E-state index in [4.69, 9.17) is 21.1 Å². The lowest BCUT2D eigenvalue weighted by atomic mass is 9.96. The molecule has 0 radical (unpaired) electrons. The highest BCUT2D eigenvalue weighted by Crippen LogP contribution is 2.31. The van der Waals surface area contributed by atoms with E-state index in [1.54, 1.807) is 68.5 Å². The first-order valence-electron chi connectivity index (χ1n) is 10.5. The van der Waals surface area contributed by atoms with Crippen LogP contribution in [0.2, 0.25) is 5.02 Å². The fourth-order valence-electron chi connectivity index (χ4n) is 3.74. The minimum Gasteiger partial charge on any atom is -0.463 e. The van der Waals surface area contributed by atoms with E-state index in [0.29, 0.717) is 42.5 Å². The molecule has 7 nitrogen and oxygen atoms in total. The Bertz CT molecular complexity index is 1480. The number of esters is 2. The van der Waals surface area contributed by atoms with Gasteiger partial charge in [0.2, 0.25) is 0 Å². The summed E-state index contributed by atoms with van der Waals surface area (Å²) >= 11 is 7.29. The van der Waals surface area contributed by atoms with Gasteiger partial charge in [0.15, 0.2) is 4.80 Å². The fourth-order valence-corrected chi connectivity index (χ4v) is 4.91. The average Bonchev–Trinajstić information content (AvgIpc) is 3.08. The van der Waals surface area contributed by atoms with Gasteiger partial charge in [0, 0.05) is 11.9 Å². The van der Waals surface area contributed by atoms with Crippen LogP contribution in [0.3, 0.4) is 0 Å². The van der Waals surface area contributed by atoms with Gasteiger partial charge in [0.25, 0.3) is 5.56 Å². The molecule has 174 valence electrons. The number of carbonyl (C=O) groups excluding carboxylic acids is 2. The van der Waals surface area contributed by atoms with Gasteiger partial charge in [-0.05, 0) is 55.3 Å². The van der Waals surface area contributed by atoms with Gasteiger partial charge in [0.05, 0.1) is 28.5 Å². The molecule has 34 heavy (non-hydrogen) atoms. The Morgan fingerprint density at radius 2 is 1.94 bits per heavy atom. The van der Waals surface area contributed by atoms with Crippen molar-refractivity contribution in [2.75, 3.05) is 6.61 Å². The maximum Gasteiger partial charge on any atom is 0.338 e. The van der Waals surface area contributed by atoms with Crippen molar-refractivity contribution in [2.45, 2.75) is 26.8 Å². The number of hydrogen-bond donors (Lipinski definition) is 0. The van der Waals surface area contributed by atoms with Gasteiger partial charge in [-0.2, -0.15) is 0 Å². The van der Waals surface area contributed by atoms with Crippen molar-refractivity contribution in [3.63, 3.8) is 0 Å². The lowest BCUT2D eigenvalue weighted by molar-refractivity contribution is -0.139. The first kappa shape index (κ1) is 23.7. The molecule has 0 saturated heterocycles. The van der Waals surface area contributed by atoms with Gasteiger partial charge < -0.3 is 9.47 Å². The van der Waals surface area contributed by atoms with E-state index in [-0.39, 0.29) is 12.2 Å². The molecule has 2 heterocycles. The van der Waals surface area contributed by atoms with Gasteiger partial charge >= 0.3 is 11.9 Å². The summed E-state index contributed by atoms with van der Waals surface area (Å²) in [7, 11) is 0. The second-order valence-corrected chi connectivity index (χ2v) is 8.97. The van der Waals surface area contributed by atoms with Crippen LogP contribution in [0.25, 0.3) is 6.08 Å². The molecule has 0 amide bonds. The van der Waals surface area contributed by atoms with Crippen molar-refractivity contribution in [3.8, 4) is 5.75 Å². The predicted molar refractivity (Wildman–Crippen MR) is 130 cm³/mol. The van der Waals surface area contributed by atoms with Crippen molar-refractivity contribution in [2.24, 2.45) is 4.99 Å². The highest BCUT2D eigenvalue weighted by molar-refractivity contribution is 7.07. The van der Waals surface area contributed by atoms with Crippen LogP contribution >= 0.6 is 22.9 Å². The third kappa shape index (κ3) is 4.73. The van der Waals surface area contributed by atoms with E-state index in [0.717, 1.165) is 0 Å². The Labute approximate surface area is 204 Å². The van der Waals surface area contributed by atoms with Crippen LogP contribution in [0.1, 0.15) is 37.9 Å². The lowest BCUT2D eigenvalue weighted by Gasteiger charge is -2.24. The summed E-state index contributed by atoms with van der Waals surface area (Å²) < 4.78 is 12.4. The minimum absolute atomic E-state index is 0.200. The van der Waals surface area contributed by atoms with Crippen LogP contribution in [-0.2, 0) is 14.3 Å². The summed E-state index contributed by atoms with van der Waals surface area (Å²) in [6, 6.07) is 13.2. The third-order valence-electron chi connectivity index (χ3n) is 5.12. The van der Waals surface area contributed by atoms with Crippen LogP contribution in [-0.4, -0.2) is 23.1 Å². The first-order chi connectivity index (χ1) is 16.3. The smallest absolute Gasteiger partial charge is 0.338 e. The van der Waals surface area contributed by atoms with E-state index in [1.807, 2.05) is 0 Å². The highest BCUT2D eigenvalue weighted by atomic mass is 35.5. The zero-order valence-electron chi connectivity index (χ0n) is 18.7. The summed E-state index contributed by atoms with van der Waals surface area (Å²) in [5, 5.41) is 0.544. The quantitative estimate of drug-likeness (QED) is 0.399. The number of thiazole rings is 1. The molecule has 1 atom stereocenters. The summed E-state index contributed by atoms with van der Waals surface area (Å²) in [6.45, 7) is 4.98. The minimum atomic E-state index is -0.706. The molecule has 1 aliphatic rings. The molecule has 1 aliphatic heterocycles. The van der Waals surface area contributed by atoms with Crippen LogP contribution in [0.4, 0.5) is 0 Å². The lowest BCUT2D eigenvalue weighted by Crippen LogP contribution is -2.39. The number of benzene rings is 2. The van der Waals surface area contributed by atoms with Crippen LogP contribution in [0, 0.1) is 0 Å². The standard InChI is InChI=1S/C25H21ClN2O5S/c1-4-32-24(31)21-14(2)27-25-28(22(21)17-8-10-18(26)11-9-17)23(30)20(34-25)13-16-6-5-7-19(12-16)33-15(3)29/h5-13,22H,4H2,1-3H3/b20-13+. The number of carbonyl (C=O) groups is 2. The maximum atomic E-state index is 13.6. The van der Waals surface area contributed by atoms with Gasteiger partial charge in [-0.25, -0.2) is 9.79 Å². The Morgan fingerprint density at radius 1 is 1.21 bits per heavy atom. The molecule has 0 fully saturated rings. The predicted octanol–water partition coefficient (Wildman–Crippen LogP) is 3.38. The van der Waals surface area contributed by atoms with Crippen molar-refractivity contribution < 1.29 is 19.1 Å². The Kier molecular flexibility index (Phi) is 6.81. The van der Waals surface area contributed by atoms with E-state index < -0.39 is 18.0 Å². The molecule has 3 aromatic rings. The Morgan fingerprint density at radius 3 is 2.62 bits per heavy atom. The second kappa shape index (κ2) is 9.79. The van der Waals surface area contributed by atoms with Gasteiger partial charge in [-0.1, -0.05) is 47.2 Å². The monoisotopic (exact) mass is 496 g/mol. The topological polar surface area (TPSA) is 87.0 Å². The number of fused-ring (bicyclic) bond motifs is 1.